The predicted octanol–water partition coefficient (Wildman–Crippen LogP) is 5.41. The Balaban J connectivity index is 1.36. The summed E-state index contributed by atoms with van der Waals surface area (Å²) in [5, 5.41) is 2.29. The molecule has 6 rings (SSSR count). The molecule has 0 radical (unpaired) electrons. The van der Waals surface area contributed by atoms with Crippen LogP contribution in [0.5, 0.6) is 0 Å². The molecule has 1 N–H and O–H groups in total. The molecule has 1 fully saturated rings. The molecule has 0 aliphatic carbocycles. The normalized spacial score (nSPS) is 19.9. The van der Waals surface area contributed by atoms with E-state index in [1.807, 2.05) is 0 Å². The lowest BCUT2D eigenvalue weighted by Gasteiger charge is -2.30. The minimum atomic E-state index is -4.59. The van der Waals surface area contributed by atoms with Gasteiger partial charge in [0.25, 0.3) is 0 Å². The lowest BCUT2D eigenvalue weighted by Crippen LogP contribution is -2.33. The number of alkyl halides is 3. The largest absolute Gasteiger partial charge is 0.416 e. The topological polar surface area (TPSA) is 101 Å². The van der Waals surface area contributed by atoms with Crippen LogP contribution in [0.1, 0.15) is 21.9 Å². The van der Waals surface area contributed by atoms with Gasteiger partial charge in [0.15, 0.2) is 0 Å². The van der Waals surface area contributed by atoms with Crippen LogP contribution in [0.15, 0.2) is 82.9 Å². The summed E-state index contributed by atoms with van der Waals surface area (Å²) in [5.41, 5.74) is -0.0328. The molecular formula is C28H18ClF3N4O4S2. The summed E-state index contributed by atoms with van der Waals surface area (Å²) >= 11 is 7.88. The van der Waals surface area contributed by atoms with Crippen LogP contribution in [0.4, 0.5) is 24.5 Å². The van der Waals surface area contributed by atoms with Gasteiger partial charge in [0, 0.05) is 33.9 Å². The molecule has 4 heterocycles. The number of fused-ring (bicyclic) bond motifs is 2. The van der Waals surface area contributed by atoms with Crippen LogP contribution >= 0.6 is 34.7 Å². The van der Waals surface area contributed by atoms with Crippen LogP contribution in [0.2, 0.25) is 5.02 Å². The van der Waals surface area contributed by atoms with Gasteiger partial charge >= 0.3 is 11.0 Å². The number of nitrogens with zero attached hydrogens (tertiary/aromatic N) is 3. The molecule has 2 aliphatic rings. The highest BCUT2D eigenvalue weighted by atomic mass is 35.5. The molecule has 0 unspecified atom stereocenters. The van der Waals surface area contributed by atoms with Crippen molar-refractivity contribution in [3.8, 4) is 0 Å². The molecule has 3 atom stereocenters. The van der Waals surface area contributed by atoms with Crippen LogP contribution in [0.3, 0.4) is 0 Å². The van der Waals surface area contributed by atoms with E-state index in [0.717, 1.165) is 40.1 Å². The van der Waals surface area contributed by atoms with Crippen molar-refractivity contribution in [1.29, 1.82) is 0 Å². The fourth-order valence-electron chi connectivity index (χ4n) is 5.14. The number of benzene rings is 2. The van der Waals surface area contributed by atoms with E-state index in [1.54, 1.807) is 48.8 Å². The maximum atomic E-state index is 13.8. The highest BCUT2D eigenvalue weighted by molar-refractivity contribution is 8.00. The number of carbonyl (C=O) groups excluding carboxylic acids is 3. The Morgan fingerprint density at radius 2 is 1.79 bits per heavy atom. The van der Waals surface area contributed by atoms with E-state index in [1.165, 1.54) is 16.7 Å². The first kappa shape index (κ1) is 28.2. The van der Waals surface area contributed by atoms with E-state index in [9.17, 15) is 32.3 Å². The molecule has 2 aromatic heterocycles. The van der Waals surface area contributed by atoms with Gasteiger partial charge in [-0.05, 0) is 54.1 Å². The molecule has 2 aliphatic heterocycles. The van der Waals surface area contributed by atoms with Crippen molar-refractivity contribution in [2.75, 3.05) is 10.2 Å². The Hall–Kier alpha value is -3.94. The first-order chi connectivity index (χ1) is 20.0. The number of anilines is 2. The maximum Gasteiger partial charge on any atom is 0.416 e. The summed E-state index contributed by atoms with van der Waals surface area (Å²) in [7, 11) is 0. The van der Waals surface area contributed by atoms with Crippen molar-refractivity contribution in [3.63, 3.8) is 0 Å². The minimum Gasteiger partial charge on any atom is -0.325 e. The zero-order chi connectivity index (χ0) is 29.8. The molecule has 0 bridgehead atoms. The number of amides is 3. The number of thioether (sulfide) groups is 1. The van der Waals surface area contributed by atoms with E-state index in [-0.39, 0.29) is 5.69 Å². The fourth-order valence-corrected chi connectivity index (χ4v) is 8.04. The Labute approximate surface area is 249 Å². The smallest absolute Gasteiger partial charge is 0.325 e. The molecule has 0 saturated carbocycles. The summed E-state index contributed by atoms with van der Waals surface area (Å²) in [6, 6.07) is 13.9. The molecule has 4 aromatic rings. The highest BCUT2D eigenvalue weighted by Gasteiger charge is 2.56. The highest BCUT2D eigenvalue weighted by Crippen LogP contribution is 2.53. The second kappa shape index (κ2) is 10.7. The van der Waals surface area contributed by atoms with E-state index in [0.29, 0.717) is 26.2 Å². The number of nitrogens with one attached hydrogen (secondary N) is 1. The second-order valence-corrected chi connectivity index (χ2v) is 12.1. The molecule has 14 heteroatoms. The molecule has 0 spiro atoms. The average Bonchev–Trinajstić information content (AvgIpc) is 3.40. The lowest BCUT2D eigenvalue weighted by atomic mass is 9.84. The summed E-state index contributed by atoms with van der Waals surface area (Å²) in [6.45, 7) is -0.506. The number of thiazole rings is 1. The van der Waals surface area contributed by atoms with Gasteiger partial charge in [-0.15, -0.1) is 0 Å². The summed E-state index contributed by atoms with van der Waals surface area (Å²) < 4.78 is 40.6. The molecule has 42 heavy (non-hydrogen) atoms. The van der Waals surface area contributed by atoms with Gasteiger partial charge in [0.05, 0.1) is 22.2 Å². The molecule has 2 aromatic carbocycles. The van der Waals surface area contributed by atoms with Gasteiger partial charge in [0.2, 0.25) is 17.7 Å². The zero-order valence-electron chi connectivity index (χ0n) is 21.2. The number of carbonyl (C=O) groups is 3. The van der Waals surface area contributed by atoms with Gasteiger partial charge < -0.3 is 5.32 Å². The van der Waals surface area contributed by atoms with E-state index in [2.05, 4.69) is 10.3 Å². The van der Waals surface area contributed by atoms with Crippen LogP contribution in [0.25, 0.3) is 0 Å². The quantitative estimate of drug-likeness (QED) is 0.296. The number of rotatable bonds is 5. The third-order valence-corrected chi connectivity index (χ3v) is 9.81. The van der Waals surface area contributed by atoms with Crippen molar-refractivity contribution in [3.05, 3.63) is 104 Å². The Kier molecular flexibility index (Phi) is 7.19. The van der Waals surface area contributed by atoms with Crippen LogP contribution in [-0.2, 0) is 27.1 Å². The number of imide groups is 1. The molecular weight excluding hydrogens is 613 g/mol. The molecule has 1 saturated heterocycles. The number of aromatic nitrogens is 2. The number of hydrogen-bond donors (Lipinski definition) is 1. The van der Waals surface area contributed by atoms with Crippen LogP contribution < -0.4 is 15.1 Å². The van der Waals surface area contributed by atoms with E-state index in [4.69, 9.17) is 11.6 Å². The van der Waals surface area contributed by atoms with Gasteiger partial charge in [-0.2, -0.15) is 13.2 Å². The standard InChI is InChI=1S/C28H18ClF3N4O4S2/c29-16-6-8-18(9-7-16)36-24(38)21-20(14-3-2-10-33-12-14)23-26(41-22(21)25(36)39)35(27(40)42-23)13-19(37)34-17-5-1-4-15(11-17)28(30,31)32/h1-12,20-22H,13H2,(H,34,37)/t20-,21-,22+/m0/s1. The minimum absolute atomic E-state index is 0.0805. The van der Waals surface area contributed by atoms with Gasteiger partial charge in [0.1, 0.15) is 11.8 Å². The summed E-state index contributed by atoms with van der Waals surface area (Å²) in [5.74, 6) is -3.18. The van der Waals surface area contributed by atoms with Crippen molar-refractivity contribution in [2.24, 2.45) is 5.92 Å². The van der Waals surface area contributed by atoms with Crippen molar-refractivity contribution >= 4 is 63.8 Å². The monoisotopic (exact) mass is 630 g/mol. The third-order valence-electron chi connectivity index (χ3n) is 6.95. The third kappa shape index (κ3) is 5.01. The lowest BCUT2D eigenvalue weighted by molar-refractivity contribution is -0.137. The second-order valence-electron chi connectivity index (χ2n) is 9.57. The zero-order valence-corrected chi connectivity index (χ0v) is 23.6. The Morgan fingerprint density at radius 3 is 2.48 bits per heavy atom. The van der Waals surface area contributed by atoms with Crippen LogP contribution in [-0.4, -0.2) is 32.5 Å². The number of halogens is 4. The van der Waals surface area contributed by atoms with Crippen molar-refractivity contribution < 1.29 is 27.6 Å². The SMILES string of the molecule is O=C(Cn1c2c(sc1=O)[C@@H](c1cccnc1)[C@@H]1C(=O)N(c3ccc(Cl)cc3)C(=O)[C@@H]1S2)Nc1cccc(C(F)(F)F)c1. The average molecular weight is 631 g/mol. The summed E-state index contributed by atoms with van der Waals surface area (Å²) in [6.07, 6.45) is -1.46. The summed E-state index contributed by atoms with van der Waals surface area (Å²) in [4.78, 5) is 58.9. The molecule has 214 valence electrons. The van der Waals surface area contributed by atoms with E-state index >= 15 is 0 Å². The molecule has 8 nitrogen and oxygen atoms in total. The fraction of sp³-hybridized carbons (Fsp3) is 0.179. The number of pyridine rings is 1. The van der Waals surface area contributed by atoms with Crippen LogP contribution in [0, 0.1) is 5.92 Å². The number of hydrogen-bond acceptors (Lipinski definition) is 7. The van der Waals surface area contributed by atoms with Gasteiger partial charge in [-0.1, -0.05) is 46.8 Å². The Bertz CT molecular complexity index is 1780. The van der Waals surface area contributed by atoms with Gasteiger partial charge in [-0.25, -0.2) is 4.90 Å². The van der Waals surface area contributed by atoms with Gasteiger partial charge in [-0.3, -0.25) is 28.7 Å². The van der Waals surface area contributed by atoms with E-state index < -0.39 is 58.0 Å². The Morgan fingerprint density at radius 1 is 1.02 bits per heavy atom. The van der Waals surface area contributed by atoms with Crippen molar-refractivity contribution in [1.82, 2.24) is 9.55 Å². The predicted molar refractivity (Wildman–Crippen MR) is 152 cm³/mol. The van der Waals surface area contributed by atoms with Crippen molar-refractivity contribution in [2.45, 2.75) is 28.9 Å². The maximum absolute atomic E-state index is 13.8. The first-order valence-corrected chi connectivity index (χ1v) is 14.5. The first-order valence-electron chi connectivity index (χ1n) is 12.4. The molecule has 3 amide bonds.